The minimum atomic E-state index is -4.60. The van der Waals surface area contributed by atoms with Crippen LogP contribution in [0.1, 0.15) is 30.3 Å². The molecule has 0 N–H and O–H groups in total. The van der Waals surface area contributed by atoms with Gasteiger partial charge in [0.25, 0.3) is 0 Å². The Kier molecular flexibility index (Phi) is 7.71. The fourth-order valence-corrected chi connectivity index (χ4v) is 6.88. The Morgan fingerprint density at radius 1 is 1.19 bits per heavy atom. The van der Waals surface area contributed by atoms with Crippen LogP contribution in [0.4, 0.5) is 22.0 Å². The van der Waals surface area contributed by atoms with Crippen molar-refractivity contribution >= 4 is 38.7 Å². The number of carbonyl (C=O) groups excluding carboxylic acids is 1. The quantitative estimate of drug-likeness (QED) is 0.335. The molecule has 3 aromatic rings. The molecular formula is C23H19ClF5N3O3S2. The molecule has 1 saturated heterocycles. The van der Waals surface area contributed by atoms with Crippen molar-refractivity contribution in [3.63, 3.8) is 0 Å². The van der Waals surface area contributed by atoms with Gasteiger partial charge in [-0.05, 0) is 49.2 Å². The molecule has 37 heavy (non-hydrogen) atoms. The zero-order valence-corrected chi connectivity index (χ0v) is 21.4. The molecule has 0 bridgehead atoms. The van der Waals surface area contributed by atoms with E-state index in [1.165, 1.54) is 19.2 Å². The van der Waals surface area contributed by atoms with Crippen molar-refractivity contribution in [2.75, 3.05) is 0 Å². The Morgan fingerprint density at radius 2 is 1.86 bits per heavy atom. The van der Waals surface area contributed by atoms with Gasteiger partial charge in [0.05, 0.1) is 32.6 Å². The van der Waals surface area contributed by atoms with Gasteiger partial charge in [-0.2, -0.15) is 17.5 Å². The van der Waals surface area contributed by atoms with Crippen LogP contribution in [0.15, 0.2) is 47.6 Å². The largest absolute Gasteiger partial charge is 0.443 e. The number of carbonyl (C=O) groups is 1. The molecule has 0 unspecified atom stereocenters. The van der Waals surface area contributed by atoms with Crippen molar-refractivity contribution in [3.05, 3.63) is 64.1 Å². The second kappa shape index (κ2) is 10.4. The normalized spacial score (nSPS) is 20.9. The summed E-state index contributed by atoms with van der Waals surface area (Å²) < 4.78 is 93.8. The number of Topliss-reactive ketones (excluding diaryl/α,β-unsaturated/α-hetero) is 1. The highest BCUT2D eigenvalue weighted by atomic mass is 35.5. The molecule has 0 amide bonds. The van der Waals surface area contributed by atoms with E-state index in [9.17, 15) is 35.2 Å². The van der Waals surface area contributed by atoms with Gasteiger partial charge in [0.2, 0.25) is 10.0 Å². The lowest BCUT2D eigenvalue weighted by atomic mass is 10.0. The van der Waals surface area contributed by atoms with Crippen LogP contribution in [-0.2, 0) is 27.4 Å². The van der Waals surface area contributed by atoms with E-state index in [0.29, 0.717) is 16.9 Å². The summed E-state index contributed by atoms with van der Waals surface area (Å²) >= 11 is 6.59. The molecule has 1 aliphatic rings. The van der Waals surface area contributed by atoms with Crippen LogP contribution in [0.5, 0.6) is 0 Å². The van der Waals surface area contributed by atoms with Crippen LogP contribution in [0.2, 0.25) is 5.02 Å². The predicted octanol–water partition coefficient (Wildman–Crippen LogP) is 5.71. The molecule has 1 aromatic carbocycles. The standard InChI is InChI=1S/C23H19ClF5N3O3S2/c1-12-17(26)9-19(32(12)37(34,35)15-5-3-14(25)4-6-15)20(33)7-2-13-8-18(30-10-16(13)24)21-11-31-22(36-21)23(27,28)29/h3-6,8,10-12,17,19H,2,7,9H2,1H3/t12-,17+,19-/m0/s1. The summed E-state index contributed by atoms with van der Waals surface area (Å²) in [7, 11) is -4.30. The van der Waals surface area contributed by atoms with E-state index >= 15 is 0 Å². The first kappa shape index (κ1) is 27.6. The van der Waals surface area contributed by atoms with Gasteiger partial charge in [-0.15, -0.1) is 11.3 Å². The van der Waals surface area contributed by atoms with Gasteiger partial charge in [-0.1, -0.05) is 11.6 Å². The molecular weight excluding hydrogens is 561 g/mol. The minimum Gasteiger partial charge on any atom is -0.298 e. The van der Waals surface area contributed by atoms with Gasteiger partial charge in [-0.25, -0.2) is 22.2 Å². The summed E-state index contributed by atoms with van der Waals surface area (Å²) in [5, 5.41) is -0.870. The number of nitrogens with zero attached hydrogens (tertiary/aromatic N) is 3. The van der Waals surface area contributed by atoms with E-state index < -0.39 is 51.1 Å². The monoisotopic (exact) mass is 579 g/mol. The number of sulfonamides is 1. The number of rotatable bonds is 7. The Morgan fingerprint density at radius 3 is 2.49 bits per heavy atom. The summed E-state index contributed by atoms with van der Waals surface area (Å²) in [5.41, 5.74) is 0.580. The fourth-order valence-electron chi connectivity index (χ4n) is 4.10. The third-order valence-corrected chi connectivity index (χ3v) is 9.43. The lowest BCUT2D eigenvalue weighted by Crippen LogP contribution is -2.44. The second-order valence-electron chi connectivity index (χ2n) is 8.45. The van der Waals surface area contributed by atoms with E-state index in [4.69, 9.17) is 11.6 Å². The molecule has 6 nitrogen and oxygen atoms in total. The van der Waals surface area contributed by atoms with E-state index in [1.54, 1.807) is 0 Å². The summed E-state index contributed by atoms with van der Waals surface area (Å²) in [6.07, 6.45) is -4.44. The molecule has 0 aliphatic carbocycles. The molecule has 3 atom stereocenters. The lowest BCUT2D eigenvalue weighted by molar-refractivity contribution is -0.137. The number of ketones is 1. The summed E-state index contributed by atoms with van der Waals surface area (Å²) in [6.45, 7) is 1.36. The van der Waals surface area contributed by atoms with Crippen LogP contribution in [0.25, 0.3) is 10.6 Å². The highest BCUT2D eigenvalue weighted by Crippen LogP contribution is 2.37. The van der Waals surface area contributed by atoms with Crippen molar-refractivity contribution in [2.24, 2.45) is 0 Å². The SMILES string of the molecule is C[C@H]1[C@H](F)C[C@@H](C(=O)CCc2cc(-c3cnc(C(F)(F)F)s3)ncc2Cl)N1S(=O)(=O)c1ccc(F)cc1. The first-order valence-electron chi connectivity index (χ1n) is 10.9. The van der Waals surface area contributed by atoms with E-state index in [0.717, 1.165) is 34.8 Å². The molecule has 14 heteroatoms. The van der Waals surface area contributed by atoms with Crippen LogP contribution in [-0.4, -0.2) is 46.7 Å². The molecule has 3 heterocycles. The zero-order valence-electron chi connectivity index (χ0n) is 19.0. The van der Waals surface area contributed by atoms with E-state index in [-0.39, 0.29) is 39.8 Å². The molecule has 198 valence electrons. The average Bonchev–Trinajstić information content (AvgIpc) is 3.44. The summed E-state index contributed by atoms with van der Waals surface area (Å²) in [6, 6.07) is 3.05. The summed E-state index contributed by atoms with van der Waals surface area (Å²) in [5.74, 6) is -1.20. The molecule has 1 aliphatic heterocycles. The molecule has 0 saturated carbocycles. The third-order valence-electron chi connectivity index (χ3n) is 6.02. The van der Waals surface area contributed by atoms with E-state index in [2.05, 4.69) is 9.97 Å². The number of benzene rings is 1. The Labute approximate surface area is 218 Å². The smallest absolute Gasteiger partial charge is 0.298 e. The first-order chi connectivity index (χ1) is 17.3. The topological polar surface area (TPSA) is 80.2 Å². The second-order valence-corrected chi connectivity index (χ2v) is 11.7. The predicted molar refractivity (Wildman–Crippen MR) is 127 cm³/mol. The van der Waals surface area contributed by atoms with Gasteiger partial charge in [0.15, 0.2) is 10.8 Å². The van der Waals surface area contributed by atoms with Crippen LogP contribution in [0.3, 0.4) is 0 Å². The first-order valence-corrected chi connectivity index (χ1v) is 13.6. The third kappa shape index (κ3) is 5.69. The van der Waals surface area contributed by atoms with Crippen molar-refractivity contribution < 1.29 is 35.2 Å². The maximum absolute atomic E-state index is 14.6. The molecule has 4 rings (SSSR count). The van der Waals surface area contributed by atoms with E-state index in [1.807, 2.05) is 0 Å². The zero-order chi connectivity index (χ0) is 27.1. The number of pyridine rings is 1. The van der Waals surface area contributed by atoms with Crippen LogP contribution < -0.4 is 0 Å². The Bertz CT molecular complexity index is 1410. The van der Waals surface area contributed by atoms with Crippen molar-refractivity contribution in [2.45, 2.75) is 55.5 Å². The summed E-state index contributed by atoms with van der Waals surface area (Å²) in [4.78, 5) is 20.4. The van der Waals surface area contributed by atoms with Gasteiger partial charge >= 0.3 is 6.18 Å². The molecule has 2 aromatic heterocycles. The number of hydrogen-bond donors (Lipinski definition) is 0. The van der Waals surface area contributed by atoms with Crippen LogP contribution >= 0.6 is 22.9 Å². The maximum atomic E-state index is 14.6. The maximum Gasteiger partial charge on any atom is 0.443 e. The number of hydrogen-bond acceptors (Lipinski definition) is 6. The Balaban J connectivity index is 1.54. The number of halogens is 6. The molecule has 0 spiro atoms. The van der Waals surface area contributed by atoms with Gasteiger partial charge in [0, 0.05) is 25.2 Å². The molecule has 0 radical (unpaired) electrons. The van der Waals surface area contributed by atoms with Gasteiger partial charge in [-0.3, -0.25) is 9.78 Å². The highest BCUT2D eigenvalue weighted by molar-refractivity contribution is 7.89. The average molecular weight is 580 g/mol. The van der Waals surface area contributed by atoms with Crippen LogP contribution in [0, 0.1) is 5.82 Å². The van der Waals surface area contributed by atoms with Crippen molar-refractivity contribution in [3.8, 4) is 10.6 Å². The number of aryl methyl sites for hydroxylation is 1. The van der Waals surface area contributed by atoms with Crippen molar-refractivity contribution in [1.82, 2.24) is 14.3 Å². The van der Waals surface area contributed by atoms with Gasteiger partial charge in [0.1, 0.15) is 12.0 Å². The highest BCUT2D eigenvalue weighted by Gasteiger charge is 2.48. The Hall–Kier alpha value is -2.48. The minimum absolute atomic E-state index is 0.0182. The number of aromatic nitrogens is 2. The van der Waals surface area contributed by atoms with Gasteiger partial charge < -0.3 is 0 Å². The lowest BCUT2D eigenvalue weighted by Gasteiger charge is -2.26. The number of thiazole rings is 1. The fraction of sp³-hybridized carbons (Fsp3) is 0.348. The molecule has 1 fully saturated rings. The number of alkyl halides is 4. The van der Waals surface area contributed by atoms with Crippen molar-refractivity contribution in [1.29, 1.82) is 0 Å².